The number of ketones is 1. The lowest BCUT2D eigenvalue weighted by molar-refractivity contribution is -0.115. The molecule has 1 aliphatic carbocycles. The number of carboxylic acid groups (broad SMARTS) is 1. The van der Waals surface area contributed by atoms with Crippen molar-refractivity contribution in [2.45, 2.75) is 133 Å². The Kier molecular flexibility index (Phi) is 19.4. The number of carbonyl (C=O) groups is 3. The molecule has 2 aromatic carbocycles. The number of aromatic carboxylic acids is 1. The van der Waals surface area contributed by atoms with Gasteiger partial charge in [0.1, 0.15) is 0 Å². The van der Waals surface area contributed by atoms with Gasteiger partial charge >= 0.3 is 5.97 Å². The van der Waals surface area contributed by atoms with Crippen LogP contribution in [0.3, 0.4) is 0 Å². The third kappa shape index (κ3) is 13.0. The lowest BCUT2D eigenvalue weighted by Gasteiger charge is -2.18. The summed E-state index contributed by atoms with van der Waals surface area (Å²) in [6.07, 6.45) is 6.43. The number of nitrogens with one attached hydrogen (secondary N) is 2. The molecular formula is C53H73Cl2N7O5. The second kappa shape index (κ2) is 23.8. The van der Waals surface area contributed by atoms with Crippen LogP contribution in [0.25, 0.3) is 21.8 Å². The summed E-state index contributed by atoms with van der Waals surface area (Å²) in [4.78, 5) is 56.2. The number of nitrogens with two attached hydrogens (primary N) is 1. The maximum atomic E-state index is 13.4. The van der Waals surface area contributed by atoms with Crippen LogP contribution in [0.5, 0.6) is 0 Å². The number of Topliss-reactive ketones (excluding diaryl/α,β-unsaturated/α-hetero) is 1. The number of H-pyrrole nitrogens is 1. The van der Waals surface area contributed by atoms with Gasteiger partial charge in [0, 0.05) is 93.7 Å². The molecule has 3 aromatic heterocycles. The highest BCUT2D eigenvalue weighted by Crippen LogP contribution is 2.36. The third-order valence-electron chi connectivity index (χ3n) is 11.9. The van der Waals surface area contributed by atoms with Gasteiger partial charge in [-0.15, -0.1) is 0 Å². The van der Waals surface area contributed by atoms with Crippen LogP contribution in [0.1, 0.15) is 146 Å². The van der Waals surface area contributed by atoms with Gasteiger partial charge in [-0.3, -0.25) is 14.4 Å². The number of amides is 1. The molecule has 364 valence electrons. The molecule has 0 saturated carbocycles. The highest BCUT2D eigenvalue weighted by atomic mass is 35.5. The summed E-state index contributed by atoms with van der Waals surface area (Å²) < 4.78 is 4.44. The number of aryl methyl sites for hydroxylation is 4. The molecule has 6 rings (SSSR count). The lowest BCUT2D eigenvalue weighted by atomic mass is 9.90. The number of hydrogen-bond donors (Lipinski definition) is 4. The molecule has 1 amide bonds. The number of allylic oxidation sites excluding steroid dienone is 3. The van der Waals surface area contributed by atoms with E-state index in [0.717, 1.165) is 105 Å². The first-order valence-corrected chi connectivity index (χ1v) is 24.0. The summed E-state index contributed by atoms with van der Waals surface area (Å²) in [5.74, 6) is -0.959. The van der Waals surface area contributed by atoms with Gasteiger partial charge in [-0.2, -0.15) is 0 Å². The van der Waals surface area contributed by atoms with E-state index in [4.69, 9.17) is 28.9 Å². The topological polar surface area (TPSA) is 159 Å². The Balaban J connectivity index is 0.000000245. The second-order valence-electron chi connectivity index (χ2n) is 18.8. The third-order valence-corrected chi connectivity index (χ3v) is 12.4. The molecule has 0 fully saturated rings. The summed E-state index contributed by atoms with van der Waals surface area (Å²) in [5, 5.41) is 15.1. The van der Waals surface area contributed by atoms with E-state index in [1.807, 2.05) is 67.2 Å². The van der Waals surface area contributed by atoms with Crippen LogP contribution in [0.15, 0.2) is 57.9 Å². The summed E-state index contributed by atoms with van der Waals surface area (Å²) in [6, 6.07) is 9.49. The second-order valence-corrected chi connectivity index (χ2v) is 19.7. The van der Waals surface area contributed by atoms with Crippen molar-refractivity contribution in [2.75, 3.05) is 34.7 Å². The standard InChI is InChI=1S/C26H35ClN4O2.C16H21ClN2O2.C11H17NO/c1-8-9-18-10-16(4)29-26(33)21(18)13-28-25(32)20-11-19(27)12-22-24(20)17(5)23(14-30(6)7)31(22)15(2)3;1-9(2)19-13-7-11(17)6-12(16(20)21)15(13)10(3)14(19)8-18(4)5;1-3-4-9-5-8(2)6-11(13)10(9)7-12/h10-12,15H,8-9,13-14H2,1-7H3,(H,28,32)(H,29,33);6-7,9H,8H2,1-5H3,(H,20,21);5H,3-4,6-7,12H2,1-2H3. The van der Waals surface area contributed by atoms with Gasteiger partial charge in [-0.25, -0.2) is 4.79 Å². The summed E-state index contributed by atoms with van der Waals surface area (Å²) >= 11 is 12.6. The number of benzene rings is 2. The quantitative estimate of drug-likeness (QED) is 0.0807. The van der Waals surface area contributed by atoms with E-state index in [1.165, 1.54) is 11.8 Å². The number of carboxylic acids is 1. The van der Waals surface area contributed by atoms with Crippen molar-refractivity contribution in [3.63, 3.8) is 0 Å². The predicted molar refractivity (Wildman–Crippen MR) is 277 cm³/mol. The van der Waals surface area contributed by atoms with Gasteiger partial charge in [0.2, 0.25) is 0 Å². The van der Waals surface area contributed by atoms with E-state index in [0.29, 0.717) is 34.1 Å². The zero-order chi connectivity index (χ0) is 50.2. The number of pyridine rings is 1. The number of aromatic nitrogens is 3. The van der Waals surface area contributed by atoms with Crippen molar-refractivity contribution in [3.8, 4) is 0 Å². The van der Waals surface area contributed by atoms with E-state index >= 15 is 0 Å². The molecule has 14 heteroatoms. The SMILES string of the molecule is CCCC1=C(CN)C(=O)CC(C)=C1.CCCc1cc(C)[nH]c(=O)c1CNC(=O)c1cc(Cl)cc2c1c(C)c(CN(C)C)n2C(C)C.Cc1c(CN(C)C)n(C(C)C)c2cc(Cl)cc(C(=O)O)c12. The van der Waals surface area contributed by atoms with Crippen LogP contribution >= 0.6 is 23.2 Å². The Labute approximate surface area is 407 Å². The summed E-state index contributed by atoms with van der Waals surface area (Å²) in [6.45, 7) is 22.7. The minimum absolute atomic E-state index is 0.148. The van der Waals surface area contributed by atoms with Crippen molar-refractivity contribution in [1.82, 2.24) is 29.2 Å². The molecular weight excluding hydrogens is 886 g/mol. The molecule has 5 N–H and O–H groups in total. The van der Waals surface area contributed by atoms with Crippen LogP contribution in [0, 0.1) is 20.8 Å². The van der Waals surface area contributed by atoms with Crippen molar-refractivity contribution in [3.05, 3.63) is 124 Å². The minimum atomic E-state index is -0.942. The van der Waals surface area contributed by atoms with E-state index in [2.05, 4.69) is 83.8 Å². The number of aromatic amines is 1. The molecule has 12 nitrogen and oxygen atoms in total. The summed E-state index contributed by atoms with van der Waals surface area (Å²) in [7, 11) is 8.09. The van der Waals surface area contributed by atoms with Crippen LogP contribution in [-0.2, 0) is 30.8 Å². The van der Waals surface area contributed by atoms with Crippen molar-refractivity contribution in [2.24, 2.45) is 5.73 Å². The fourth-order valence-electron chi connectivity index (χ4n) is 9.26. The van der Waals surface area contributed by atoms with Gasteiger partial charge < -0.3 is 40.1 Å². The van der Waals surface area contributed by atoms with Gasteiger partial charge in [0.15, 0.2) is 5.78 Å². The fourth-order valence-corrected chi connectivity index (χ4v) is 9.68. The van der Waals surface area contributed by atoms with E-state index < -0.39 is 5.97 Å². The smallest absolute Gasteiger partial charge is 0.336 e. The molecule has 0 saturated heterocycles. The normalized spacial score (nSPS) is 12.9. The van der Waals surface area contributed by atoms with Crippen molar-refractivity contribution < 1.29 is 19.5 Å². The molecule has 3 heterocycles. The van der Waals surface area contributed by atoms with Gasteiger partial charge in [-0.1, -0.05) is 61.5 Å². The first-order valence-electron chi connectivity index (χ1n) is 23.3. The number of carbonyl (C=O) groups excluding carboxylic acids is 2. The Morgan fingerprint density at radius 1 is 0.791 bits per heavy atom. The Morgan fingerprint density at radius 2 is 1.28 bits per heavy atom. The Hall–Kier alpha value is -4.98. The first-order chi connectivity index (χ1) is 31.5. The van der Waals surface area contributed by atoms with Crippen LogP contribution in [0.4, 0.5) is 0 Å². The monoisotopic (exact) mass is 958 g/mol. The molecule has 0 bridgehead atoms. The zero-order valence-electron chi connectivity index (χ0n) is 42.2. The number of hydrogen-bond acceptors (Lipinski definition) is 7. The maximum absolute atomic E-state index is 13.4. The van der Waals surface area contributed by atoms with Gasteiger partial charge in [-0.05, 0) is 149 Å². The molecule has 0 atom stereocenters. The number of halogens is 2. The van der Waals surface area contributed by atoms with Gasteiger partial charge in [0.25, 0.3) is 11.5 Å². The average molecular weight is 959 g/mol. The van der Waals surface area contributed by atoms with Gasteiger partial charge in [0.05, 0.1) is 22.2 Å². The molecule has 1 aliphatic rings. The van der Waals surface area contributed by atoms with Crippen LogP contribution in [-0.4, -0.2) is 81.4 Å². The maximum Gasteiger partial charge on any atom is 0.336 e. The van der Waals surface area contributed by atoms with Crippen LogP contribution in [0.2, 0.25) is 10.0 Å². The lowest BCUT2D eigenvalue weighted by Crippen LogP contribution is -2.28. The number of fused-ring (bicyclic) bond motifs is 2. The van der Waals surface area contributed by atoms with Crippen molar-refractivity contribution in [1.29, 1.82) is 0 Å². The van der Waals surface area contributed by atoms with Crippen molar-refractivity contribution >= 4 is 62.7 Å². The molecule has 67 heavy (non-hydrogen) atoms. The van der Waals surface area contributed by atoms with E-state index in [-0.39, 0.29) is 41.4 Å². The largest absolute Gasteiger partial charge is 0.478 e. The molecule has 5 aromatic rings. The fraction of sp³-hybridized carbons (Fsp3) is 0.472. The Morgan fingerprint density at radius 3 is 1.73 bits per heavy atom. The highest BCUT2D eigenvalue weighted by Gasteiger charge is 2.25. The molecule has 0 spiro atoms. The predicted octanol–water partition coefficient (Wildman–Crippen LogP) is 11.0. The van der Waals surface area contributed by atoms with Crippen LogP contribution < -0.4 is 16.6 Å². The molecule has 0 aliphatic heterocycles. The molecule has 0 radical (unpaired) electrons. The number of nitrogens with zero attached hydrogens (tertiary/aromatic N) is 4. The van der Waals surface area contributed by atoms with E-state index in [9.17, 15) is 24.3 Å². The highest BCUT2D eigenvalue weighted by molar-refractivity contribution is 6.32. The first kappa shape index (κ1) is 54.6. The molecule has 0 unspecified atom stereocenters. The Bertz CT molecular complexity index is 2750. The number of rotatable bonds is 15. The average Bonchev–Trinajstić information content (AvgIpc) is 3.65. The zero-order valence-corrected chi connectivity index (χ0v) is 43.7. The van der Waals surface area contributed by atoms with E-state index in [1.54, 1.807) is 6.07 Å². The summed E-state index contributed by atoms with van der Waals surface area (Å²) in [5.41, 5.74) is 18.0. The minimum Gasteiger partial charge on any atom is -0.478 e.